The maximum atomic E-state index is 12.7. The van der Waals surface area contributed by atoms with Crippen LogP contribution in [0.15, 0.2) is 72.0 Å². The quantitative estimate of drug-likeness (QED) is 0.362. The second-order valence-electron chi connectivity index (χ2n) is 7.41. The maximum absolute atomic E-state index is 12.7. The molecule has 2 aromatic carbocycles. The van der Waals surface area contributed by atoms with Gasteiger partial charge in [-0.25, -0.2) is 15.0 Å². The van der Waals surface area contributed by atoms with Crippen molar-refractivity contribution in [1.82, 2.24) is 29.1 Å². The monoisotopic (exact) mass is 493 g/mol. The summed E-state index contributed by atoms with van der Waals surface area (Å²) in [7, 11) is 1.77. The topological polar surface area (TPSA) is 99.8 Å². The third-order valence-electron chi connectivity index (χ3n) is 5.02. The molecule has 0 fully saturated rings. The van der Waals surface area contributed by atoms with Gasteiger partial charge < -0.3 is 14.6 Å². The first-order valence-electron chi connectivity index (χ1n) is 10.1. The van der Waals surface area contributed by atoms with E-state index in [9.17, 15) is 4.79 Å². The number of fused-ring (bicyclic) bond motifs is 1. The lowest BCUT2D eigenvalue weighted by Crippen LogP contribution is -2.19. The average Bonchev–Trinajstić information content (AvgIpc) is 3.22. The Hall–Kier alpha value is -3.95. The third kappa shape index (κ3) is 4.57. The predicted molar refractivity (Wildman–Crippen MR) is 130 cm³/mol. The van der Waals surface area contributed by atoms with Crippen LogP contribution in [0.4, 0.5) is 11.6 Å². The van der Waals surface area contributed by atoms with Gasteiger partial charge in [-0.05, 0) is 42.0 Å². The highest BCUT2D eigenvalue weighted by Gasteiger charge is 2.16. The van der Waals surface area contributed by atoms with E-state index in [4.69, 9.17) is 27.9 Å². The molecule has 0 saturated heterocycles. The molecule has 0 radical (unpaired) electrons. The maximum Gasteiger partial charge on any atom is 0.300 e. The Morgan fingerprint density at radius 3 is 2.44 bits per heavy atom. The summed E-state index contributed by atoms with van der Waals surface area (Å²) in [6.45, 7) is 0.441. The van der Waals surface area contributed by atoms with Crippen molar-refractivity contribution >= 4 is 46.0 Å². The number of ether oxygens (including phenoxy) is 1. The number of imidazole rings is 1. The molecule has 9 nitrogen and oxygen atoms in total. The van der Waals surface area contributed by atoms with Crippen molar-refractivity contribution in [3.63, 3.8) is 0 Å². The van der Waals surface area contributed by atoms with Gasteiger partial charge in [0.1, 0.15) is 10.9 Å². The van der Waals surface area contributed by atoms with Crippen LogP contribution in [0.1, 0.15) is 5.56 Å². The molecular weight excluding hydrogens is 477 g/mol. The Bertz CT molecular complexity index is 1510. The summed E-state index contributed by atoms with van der Waals surface area (Å²) < 4.78 is 9.20. The summed E-state index contributed by atoms with van der Waals surface area (Å²) in [6.07, 6.45) is 4.45. The highest BCUT2D eigenvalue weighted by atomic mass is 35.5. The molecule has 0 aliphatic carbocycles. The molecule has 34 heavy (non-hydrogen) atoms. The van der Waals surface area contributed by atoms with Gasteiger partial charge in [0.2, 0.25) is 11.8 Å². The number of aryl methyl sites for hydroxylation is 1. The number of rotatable bonds is 6. The van der Waals surface area contributed by atoms with Crippen molar-refractivity contribution < 1.29 is 4.74 Å². The first kappa shape index (κ1) is 21.9. The molecule has 5 rings (SSSR count). The number of nitrogens with one attached hydrogen (secondary N) is 1. The molecule has 3 heterocycles. The summed E-state index contributed by atoms with van der Waals surface area (Å²) in [5.41, 5.74) is 2.28. The van der Waals surface area contributed by atoms with E-state index in [0.717, 1.165) is 5.56 Å². The summed E-state index contributed by atoms with van der Waals surface area (Å²) >= 11 is 11.8. The number of nitrogens with zero attached hydrogens (tertiary/aromatic N) is 6. The van der Waals surface area contributed by atoms with Crippen LogP contribution in [-0.4, -0.2) is 29.1 Å². The summed E-state index contributed by atoms with van der Waals surface area (Å²) in [4.78, 5) is 29.5. The van der Waals surface area contributed by atoms with Gasteiger partial charge in [-0.2, -0.15) is 4.98 Å². The van der Waals surface area contributed by atoms with Crippen LogP contribution in [0.5, 0.6) is 11.6 Å². The minimum Gasteiger partial charge on any atom is -0.438 e. The minimum atomic E-state index is -0.369. The molecule has 0 unspecified atom stereocenters. The highest BCUT2D eigenvalue weighted by Crippen LogP contribution is 2.24. The molecule has 0 bridgehead atoms. The van der Waals surface area contributed by atoms with Crippen LogP contribution in [-0.2, 0) is 13.6 Å². The van der Waals surface area contributed by atoms with Crippen molar-refractivity contribution in [2.24, 2.45) is 7.05 Å². The highest BCUT2D eigenvalue weighted by molar-refractivity contribution is 6.30. The first-order valence-corrected chi connectivity index (χ1v) is 10.9. The minimum absolute atomic E-state index is 0.286. The predicted octanol–water partition coefficient (Wildman–Crippen LogP) is 4.81. The SMILES string of the molecule is Cn1cnc2c1c(=O)nc(Nc1ccc(Oc3cnc(Cl)cn3)cc1)n2Cc1ccc(Cl)cc1. The van der Waals surface area contributed by atoms with Gasteiger partial charge in [0, 0.05) is 17.8 Å². The largest absolute Gasteiger partial charge is 0.438 e. The zero-order chi connectivity index (χ0) is 23.7. The van der Waals surface area contributed by atoms with E-state index in [1.165, 1.54) is 12.4 Å². The zero-order valence-electron chi connectivity index (χ0n) is 17.8. The lowest BCUT2D eigenvalue weighted by Gasteiger charge is -2.15. The van der Waals surface area contributed by atoms with Gasteiger partial charge in [0.25, 0.3) is 0 Å². The number of benzene rings is 2. The van der Waals surface area contributed by atoms with E-state index < -0.39 is 0 Å². The van der Waals surface area contributed by atoms with Gasteiger partial charge in [-0.3, -0.25) is 9.36 Å². The van der Waals surface area contributed by atoms with Crippen LogP contribution in [0.3, 0.4) is 0 Å². The third-order valence-corrected chi connectivity index (χ3v) is 5.47. The van der Waals surface area contributed by atoms with Crippen molar-refractivity contribution in [3.8, 4) is 11.6 Å². The van der Waals surface area contributed by atoms with Crippen LogP contribution in [0.2, 0.25) is 10.2 Å². The smallest absolute Gasteiger partial charge is 0.300 e. The van der Waals surface area contributed by atoms with E-state index in [1.54, 1.807) is 42.2 Å². The van der Waals surface area contributed by atoms with Crippen molar-refractivity contribution in [3.05, 3.63) is 93.3 Å². The molecule has 0 aliphatic rings. The Morgan fingerprint density at radius 2 is 1.74 bits per heavy atom. The first-order chi connectivity index (χ1) is 16.5. The molecule has 170 valence electrons. The van der Waals surface area contributed by atoms with Gasteiger partial charge in [0.15, 0.2) is 11.2 Å². The fraction of sp³-hybridized carbons (Fsp3) is 0.0870. The van der Waals surface area contributed by atoms with E-state index in [2.05, 4.69) is 25.3 Å². The number of halogens is 2. The Kier molecular flexibility index (Phi) is 5.87. The fourth-order valence-electron chi connectivity index (χ4n) is 3.40. The standard InChI is InChI=1S/C23H17Cl2N7O2/c1-31-13-28-21-20(31)22(33)30-23(32(21)12-14-2-4-15(24)5-3-14)29-16-6-8-17(9-7-16)34-19-11-26-18(25)10-27-19/h2-11,13H,12H2,1H3,(H,29,30,33). The van der Waals surface area contributed by atoms with Gasteiger partial charge in [-0.15, -0.1) is 0 Å². The number of anilines is 2. The lowest BCUT2D eigenvalue weighted by atomic mass is 10.2. The molecule has 1 N–H and O–H groups in total. The average molecular weight is 494 g/mol. The van der Waals surface area contributed by atoms with Gasteiger partial charge in [0.05, 0.1) is 25.3 Å². The molecule has 0 spiro atoms. The molecule has 3 aromatic heterocycles. The second-order valence-corrected chi connectivity index (χ2v) is 8.23. The van der Waals surface area contributed by atoms with Gasteiger partial charge >= 0.3 is 5.56 Å². The van der Waals surface area contributed by atoms with Crippen molar-refractivity contribution in [1.29, 1.82) is 0 Å². The van der Waals surface area contributed by atoms with Crippen LogP contribution in [0, 0.1) is 0 Å². The van der Waals surface area contributed by atoms with E-state index in [-0.39, 0.29) is 10.7 Å². The normalized spacial score (nSPS) is 11.0. The summed E-state index contributed by atoms with van der Waals surface area (Å²) in [5, 5.41) is 4.15. The molecule has 0 atom stereocenters. The van der Waals surface area contributed by atoms with E-state index >= 15 is 0 Å². The summed E-state index contributed by atoms with van der Waals surface area (Å²) in [6, 6.07) is 14.6. The molecular formula is C23H17Cl2N7O2. The molecule has 0 amide bonds. The Morgan fingerprint density at radius 1 is 0.971 bits per heavy atom. The molecule has 0 saturated carbocycles. The van der Waals surface area contributed by atoms with Crippen molar-refractivity contribution in [2.75, 3.05) is 5.32 Å². The molecule has 11 heteroatoms. The number of hydrogen-bond donors (Lipinski definition) is 1. The Balaban J connectivity index is 1.46. The fourth-order valence-corrected chi connectivity index (χ4v) is 3.62. The van der Waals surface area contributed by atoms with Crippen molar-refractivity contribution in [2.45, 2.75) is 6.54 Å². The molecule has 0 aliphatic heterocycles. The zero-order valence-corrected chi connectivity index (χ0v) is 19.3. The Labute approximate surface area is 203 Å². The summed E-state index contributed by atoms with van der Waals surface area (Å²) in [5.74, 6) is 1.25. The van der Waals surface area contributed by atoms with Crippen LogP contribution in [0.25, 0.3) is 11.2 Å². The van der Waals surface area contributed by atoms with E-state index in [1.807, 2.05) is 28.8 Å². The van der Waals surface area contributed by atoms with Crippen LogP contribution < -0.4 is 15.6 Å². The van der Waals surface area contributed by atoms with Crippen LogP contribution >= 0.6 is 23.2 Å². The second kappa shape index (κ2) is 9.12. The number of hydrogen-bond acceptors (Lipinski definition) is 7. The lowest BCUT2D eigenvalue weighted by molar-refractivity contribution is 0.460. The number of aromatic nitrogens is 6. The molecule has 5 aromatic rings. The van der Waals surface area contributed by atoms with E-state index in [0.29, 0.717) is 46.0 Å². The van der Waals surface area contributed by atoms with Gasteiger partial charge in [-0.1, -0.05) is 35.3 Å².